The number of esters is 1. The van der Waals surface area contributed by atoms with Crippen molar-refractivity contribution in [3.05, 3.63) is 24.0 Å². The Labute approximate surface area is 238 Å². The van der Waals surface area contributed by atoms with Crippen molar-refractivity contribution in [3.63, 3.8) is 0 Å². The minimum absolute atomic E-state index is 0.0395. The Morgan fingerprint density at radius 3 is 2.76 bits per heavy atom. The van der Waals surface area contributed by atoms with E-state index in [1.807, 2.05) is 0 Å². The van der Waals surface area contributed by atoms with Crippen LogP contribution in [0.15, 0.2) is 22.8 Å². The average Bonchev–Trinajstić information content (AvgIpc) is 3.42. The van der Waals surface area contributed by atoms with Crippen molar-refractivity contribution in [3.8, 4) is 11.5 Å². The number of likely N-dealkylation sites (N-methyl/N-ethyl adjacent to an activating group) is 1. The van der Waals surface area contributed by atoms with Crippen LogP contribution in [0.3, 0.4) is 0 Å². The van der Waals surface area contributed by atoms with Crippen molar-refractivity contribution < 1.29 is 53.7 Å². The van der Waals surface area contributed by atoms with Crippen molar-refractivity contribution in [2.24, 2.45) is 11.8 Å². The standard InChI is InChI=1S/C29H41NO11/c1-3-37-22(33)7-5-16-12-17-8-10-38-23(17)25(39-11-9-30-2)24(16)41-27-29(36)20-13-19(32)6-4-18(20)14-28(35,26(29)34)21(15-31)40-27/h8,10,12,18-21,26-27,30-32,34-36H,3-7,9,11,13-15H2,1-2H3. The number of aliphatic hydroxyl groups excluding tert-OH is 3. The first kappa shape index (κ1) is 30.0. The van der Waals surface area contributed by atoms with Gasteiger partial charge in [-0.25, -0.2) is 0 Å². The van der Waals surface area contributed by atoms with Gasteiger partial charge in [0, 0.05) is 24.3 Å². The van der Waals surface area contributed by atoms with Crippen LogP contribution in [0.1, 0.15) is 44.6 Å². The third kappa shape index (κ3) is 5.31. The summed E-state index contributed by atoms with van der Waals surface area (Å²) in [7, 11) is 1.78. The molecule has 228 valence electrons. The molecule has 3 aliphatic rings. The first-order valence-corrected chi connectivity index (χ1v) is 14.4. The minimum atomic E-state index is -2.14. The summed E-state index contributed by atoms with van der Waals surface area (Å²) in [6.45, 7) is 2.07. The molecule has 0 spiro atoms. The van der Waals surface area contributed by atoms with E-state index in [1.165, 1.54) is 6.26 Å². The molecule has 12 heteroatoms. The second-order valence-electron chi connectivity index (χ2n) is 11.4. The van der Waals surface area contributed by atoms with Gasteiger partial charge < -0.3 is 54.2 Å². The highest BCUT2D eigenvalue weighted by Crippen LogP contribution is 2.56. The largest absolute Gasteiger partial charge is 0.485 e. The first-order chi connectivity index (χ1) is 19.7. The molecule has 2 bridgehead atoms. The van der Waals surface area contributed by atoms with Crippen LogP contribution < -0.4 is 14.8 Å². The Balaban J connectivity index is 1.59. The number of nitrogens with one attached hydrogen (secondary N) is 1. The molecule has 1 aliphatic heterocycles. The van der Waals surface area contributed by atoms with Crippen molar-refractivity contribution in [1.82, 2.24) is 5.32 Å². The summed E-state index contributed by atoms with van der Waals surface area (Å²) in [5.74, 6) is -0.943. The molecular weight excluding hydrogens is 538 g/mol. The molecule has 2 saturated carbocycles. The molecule has 1 aromatic carbocycles. The molecule has 12 nitrogen and oxygen atoms in total. The molecule has 5 rings (SSSR count). The number of carbonyl (C=O) groups excluding carboxylic acids is 1. The fraction of sp³-hybridized carbons (Fsp3) is 0.690. The number of fused-ring (bicyclic) bond motifs is 5. The van der Waals surface area contributed by atoms with E-state index < -0.39 is 54.3 Å². The number of benzene rings is 1. The van der Waals surface area contributed by atoms with Crippen LogP contribution in [-0.2, 0) is 20.7 Å². The van der Waals surface area contributed by atoms with Gasteiger partial charge in [0.2, 0.25) is 12.0 Å². The number of hydrogen-bond donors (Lipinski definition) is 6. The van der Waals surface area contributed by atoms with Gasteiger partial charge in [0.25, 0.3) is 0 Å². The lowest BCUT2D eigenvalue weighted by molar-refractivity contribution is -0.391. The van der Waals surface area contributed by atoms with Crippen LogP contribution in [0.5, 0.6) is 11.5 Å². The van der Waals surface area contributed by atoms with E-state index in [4.69, 9.17) is 23.4 Å². The number of aliphatic hydroxyl groups is 5. The molecule has 8 unspecified atom stereocenters. The van der Waals surface area contributed by atoms with Crippen LogP contribution in [0.4, 0.5) is 0 Å². The fourth-order valence-electron chi connectivity index (χ4n) is 6.86. The number of furan rings is 1. The summed E-state index contributed by atoms with van der Waals surface area (Å²) in [6, 6.07) is 3.54. The zero-order chi connectivity index (χ0) is 29.4. The number of hydrogen-bond acceptors (Lipinski definition) is 12. The van der Waals surface area contributed by atoms with Gasteiger partial charge in [0.05, 0.1) is 25.6 Å². The van der Waals surface area contributed by atoms with Crippen molar-refractivity contribution in [1.29, 1.82) is 0 Å². The molecule has 0 radical (unpaired) electrons. The maximum Gasteiger partial charge on any atom is 0.306 e. The smallest absolute Gasteiger partial charge is 0.306 e. The third-order valence-corrected chi connectivity index (χ3v) is 8.91. The van der Waals surface area contributed by atoms with Crippen molar-refractivity contribution >= 4 is 16.9 Å². The second-order valence-corrected chi connectivity index (χ2v) is 11.4. The normalized spacial score (nSPS) is 34.7. The van der Waals surface area contributed by atoms with Gasteiger partial charge in [-0.05, 0) is 69.7 Å². The Morgan fingerprint density at radius 1 is 1.22 bits per heavy atom. The Hall–Kier alpha value is -2.45. The van der Waals surface area contributed by atoms with E-state index in [9.17, 15) is 30.3 Å². The summed E-state index contributed by atoms with van der Waals surface area (Å²) in [5.41, 5.74) is -3.13. The Kier molecular flexibility index (Phi) is 8.82. The van der Waals surface area contributed by atoms with Crippen LogP contribution in [0.25, 0.3) is 11.0 Å². The third-order valence-electron chi connectivity index (χ3n) is 8.91. The first-order valence-electron chi connectivity index (χ1n) is 14.4. The zero-order valence-corrected chi connectivity index (χ0v) is 23.5. The topological polar surface area (TPSA) is 180 Å². The molecule has 8 atom stereocenters. The van der Waals surface area contributed by atoms with Crippen LogP contribution >= 0.6 is 0 Å². The quantitative estimate of drug-likeness (QED) is 0.162. The Bertz CT molecular complexity index is 1220. The maximum absolute atomic E-state index is 12.3. The number of rotatable bonds is 11. The second kappa shape index (κ2) is 12.0. The molecule has 2 aliphatic carbocycles. The SMILES string of the molecule is CCOC(=O)CCc1cc2ccoc2c(OCCNC)c1OC1OC(CO)C2(O)CC3CCC(O)CC3C1(O)C2O. The van der Waals surface area contributed by atoms with Gasteiger partial charge in [0.15, 0.2) is 16.9 Å². The minimum Gasteiger partial charge on any atom is -0.485 e. The van der Waals surface area contributed by atoms with Crippen molar-refractivity contribution in [2.75, 3.05) is 33.4 Å². The van der Waals surface area contributed by atoms with E-state index >= 15 is 0 Å². The van der Waals surface area contributed by atoms with Crippen LogP contribution in [0.2, 0.25) is 0 Å². The molecule has 1 saturated heterocycles. The predicted octanol–water partition coefficient (Wildman–Crippen LogP) is 0.627. The monoisotopic (exact) mass is 579 g/mol. The molecule has 1 aromatic heterocycles. The lowest BCUT2D eigenvalue weighted by Gasteiger charge is -2.62. The highest BCUT2D eigenvalue weighted by atomic mass is 16.7. The molecule has 3 fully saturated rings. The summed E-state index contributed by atoms with van der Waals surface area (Å²) in [6.07, 6.45) is -2.20. The van der Waals surface area contributed by atoms with Gasteiger partial charge >= 0.3 is 5.97 Å². The van der Waals surface area contributed by atoms with E-state index in [0.29, 0.717) is 35.9 Å². The lowest BCUT2D eigenvalue weighted by atomic mass is 9.54. The number of ether oxygens (including phenoxy) is 4. The molecule has 0 amide bonds. The lowest BCUT2D eigenvalue weighted by Crippen LogP contribution is -2.80. The van der Waals surface area contributed by atoms with Gasteiger partial charge in [-0.1, -0.05) is 0 Å². The van der Waals surface area contributed by atoms with E-state index in [-0.39, 0.29) is 56.3 Å². The molecule has 6 N–H and O–H groups in total. The molecule has 41 heavy (non-hydrogen) atoms. The molecule has 2 aromatic rings. The predicted molar refractivity (Wildman–Crippen MR) is 144 cm³/mol. The van der Waals surface area contributed by atoms with Crippen LogP contribution in [0, 0.1) is 11.8 Å². The highest BCUT2D eigenvalue weighted by Gasteiger charge is 2.71. The van der Waals surface area contributed by atoms with E-state index in [2.05, 4.69) is 5.32 Å². The van der Waals surface area contributed by atoms with Gasteiger partial charge in [0.1, 0.15) is 24.4 Å². The average molecular weight is 580 g/mol. The van der Waals surface area contributed by atoms with E-state index in [1.54, 1.807) is 26.1 Å². The summed E-state index contributed by atoms with van der Waals surface area (Å²) < 4.78 is 29.5. The summed E-state index contributed by atoms with van der Waals surface area (Å²) in [4.78, 5) is 12.3. The molecule has 2 heterocycles. The highest BCUT2D eigenvalue weighted by molar-refractivity contribution is 5.87. The van der Waals surface area contributed by atoms with Crippen molar-refractivity contribution in [2.45, 2.75) is 81.3 Å². The Morgan fingerprint density at radius 2 is 2.02 bits per heavy atom. The van der Waals surface area contributed by atoms with Gasteiger partial charge in [-0.2, -0.15) is 0 Å². The fourth-order valence-corrected chi connectivity index (χ4v) is 6.86. The van der Waals surface area contributed by atoms with E-state index in [0.717, 1.165) is 0 Å². The van der Waals surface area contributed by atoms with Gasteiger partial charge in [-0.15, -0.1) is 0 Å². The molecular formula is C29H41NO11. The summed E-state index contributed by atoms with van der Waals surface area (Å²) in [5, 5.41) is 59.7. The number of aryl methyl sites for hydroxylation is 1. The number of carbonyl (C=O) groups is 1. The zero-order valence-electron chi connectivity index (χ0n) is 23.5. The van der Waals surface area contributed by atoms with Crippen LogP contribution in [-0.4, -0.2) is 101 Å². The maximum atomic E-state index is 12.3. The summed E-state index contributed by atoms with van der Waals surface area (Å²) >= 11 is 0. The van der Waals surface area contributed by atoms with Gasteiger partial charge in [-0.3, -0.25) is 4.79 Å².